The van der Waals surface area contributed by atoms with Crippen molar-refractivity contribution in [3.63, 3.8) is 0 Å². The van der Waals surface area contributed by atoms with Gasteiger partial charge in [0, 0.05) is 5.69 Å². The van der Waals surface area contributed by atoms with E-state index < -0.39 is 23.8 Å². The second-order valence-corrected chi connectivity index (χ2v) is 5.41. The fraction of sp³-hybridized carbons (Fsp3) is 0.222. The highest BCUT2D eigenvalue weighted by molar-refractivity contribution is 5.98. The quantitative estimate of drug-likeness (QED) is 0.801. The van der Waals surface area contributed by atoms with Gasteiger partial charge in [0.2, 0.25) is 0 Å². The highest BCUT2D eigenvalue weighted by Crippen LogP contribution is 2.32. The lowest BCUT2D eigenvalue weighted by Crippen LogP contribution is -2.22. The third-order valence-corrected chi connectivity index (χ3v) is 3.47. The molecule has 1 N–H and O–H groups in total. The SMILES string of the molecule is CC(=O)C(C)OC(=O)c1ccccc1Nc1cccc(C(F)(F)F)c1. The molecule has 4 nitrogen and oxygen atoms in total. The van der Waals surface area contributed by atoms with Gasteiger partial charge in [-0.2, -0.15) is 13.2 Å². The first kappa shape index (κ1) is 18.5. The van der Waals surface area contributed by atoms with E-state index in [9.17, 15) is 22.8 Å². The second kappa shape index (κ2) is 7.38. The lowest BCUT2D eigenvalue weighted by Gasteiger charge is -2.15. The van der Waals surface area contributed by atoms with Crippen molar-refractivity contribution in [1.29, 1.82) is 0 Å². The molecule has 0 radical (unpaired) electrons. The predicted molar refractivity (Wildman–Crippen MR) is 86.7 cm³/mol. The first-order chi connectivity index (χ1) is 11.7. The molecule has 0 aliphatic carbocycles. The lowest BCUT2D eigenvalue weighted by molar-refractivity contribution is -0.137. The topological polar surface area (TPSA) is 55.4 Å². The summed E-state index contributed by atoms with van der Waals surface area (Å²) < 4.78 is 43.4. The number of Topliss-reactive ketones (excluding diaryl/α,β-unsaturated/α-hetero) is 1. The molecule has 0 spiro atoms. The van der Waals surface area contributed by atoms with E-state index in [2.05, 4.69) is 5.32 Å². The lowest BCUT2D eigenvalue weighted by atomic mass is 10.1. The number of alkyl halides is 3. The van der Waals surface area contributed by atoms with Crippen LogP contribution in [0.5, 0.6) is 0 Å². The zero-order valence-electron chi connectivity index (χ0n) is 13.6. The molecule has 0 fully saturated rings. The van der Waals surface area contributed by atoms with Crippen molar-refractivity contribution in [2.75, 3.05) is 5.32 Å². The Bertz CT molecular complexity index is 787. The average molecular weight is 351 g/mol. The molecule has 0 aromatic heterocycles. The van der Waals surface area contributed by atoms with E-state index in [1.807, 2.05) is 0 Å². The summed E-state index contributed by atoms with van der Waals surface area (Å²) in [5.74, 6) is -1.05. The van der Waals surface area contributed by atoms with Gasteiger partial charge in [0.25, 0.3) is 0 Å². The first-order valence-electron chi connectivity index (χ1n) is 7.43. The maximum Gasteiger partial charge on any atom is 0.416 e. The van der Waals surface area contributed by atoms with Crippen LogP contribution in [0.25, 0.3) is 0 Å². The van der Waals surface area contributed by atoms with Crippen molar-refractivity contribution < 1.29 is 27.5 Å². The van der Waals surface area contributed by atoms with Gasteiger partial charge in [0.15, 0.2) is 11.9 Å². The molecule has 0 amide bonds. The fourth-order valence-corrected chi connectivity index (χ4v) is 2.01. The molecule has 132 valence electrons. The average Bonchev–Trinajstić information content (AvgIpc) is 2.54. The molecule has 0 saturated heterocycles. The monoisotopic (exact) mass is 351 g/mol. The van der Waals surface area contributed by atoms with Crippen LogP contribution in [0, 0.1) is 0 Å². The molecule has 0 aliphatic heterocycles. The normalized spacial score (nSPS) is 12.4. The number of hydrogen-bond acceptors (Lipinski definition) is 4. The third kappa shape index (κ3) is 4.82. The van der Waals surface area contributed by atoms with Crippen molar-refractivity contribution in [2.45, 2.75) is 26.1 Å². The van der Waals surface area contributed by atoms with Crippen LogP contribution in [-0.4, -0.2) is 17.9 Å². The molecule has 7 heteroatoms. The van der Waals surface area contributed by atoms with Crippen LogP contribution in [0.2, 0.25) is 0 Å². The summed E-state index contributed by atoms with van der Waals surface area (Å²) in [7, 11) is 0. The van der Waals surface area contributed by atoms with Gasteiger partial charge in [-0.1, -0.05) is 18.2 Å². The van der Waals surface area contributed by atoms with Gasteiger partial charge >= 0.3 is 12.1 Å². The van der Waals surface area contributed by atoms with Crippen molar-refractivity contribution in [3.8, 4) is 0 Å². The minimum absolute atomic E-state index is 0.119. The van der Waals surface area contributed by atoms with Gasteiger partial charge < -0.3 is 10.1 Å². The molecule has 0 heterocycles. The number of halogens is 3. The second-order valence-electron chi connectivity index (χ2n) is 5.41. The van der Waals surface area contributed by atoms with Crippen LogP contribution >= 0.6 is 0 Å². The van der Waals surface area contributed by atoms with E-state index in [1.54, 1.807) is 12.1 Å². The van der Waals surface area contributed by atoms with E-state index in [1.165, 1.54) is 38.1 Å². The maximum absolute atomic E-state index is 12.8. The smallest absolute Gasteiger partial charge is 0.416 e. The maximum atomic E-state index is 12.8. The molecular weight excluding hydrogens is 335 g/mol. The number of carbonyl (C=O) groups is 2. The summed E-state index contributed by atoms with van der Waals surface area (Å²) >= 11 is 0. The number of ether oxygens (including phenoxy) is 1. The number of benzene rings is 2. The van der Waals surface area contributed by atoms with Crippen molar-refractivity contribution in [2.24, 2.45) is 0 Å². The molecule has 0 aliphatic rings. The molecule has 1 unspecified atom stereocenters. The van der Waals surface area contributed by atoms with Crippen molar-refractivity contribution in [1.82, 2.24) is 0 Å². The zero-order valence-corrected chi connectivity index (χ0v) is 13.6. The Labute approximate surface area is 142 Å². The Morgan fingerprint density at radius 1 is 1.08 bits per heavy atom. The van der Waals surface area contributed by atoms with Gasteiger partial charge in [-0.3, -0.25) is 4.79 Å². The van der Waals surface area contributed by atoms with E-state index in [-0.39, 0.29) is 22.7 Å². The van der Waals surface area contributed by atoms with Gasteiger partial charge in [-0.05, 0) is 44.2 Å². The third-order valence-electron chi connectivity index (χ3n) is 3.47. The molecular formula is C18H16F3NO3. The Hall–Kier alpha value is -2.83. The molecule has 2 rings (SSSR count). The van der Waals surface area contributed by atoms with Gasteiger partial charge in [0.05, 0.1) is 16.8 Å². The van der Waals surface area contributed by atoms with Crippen molar-refractivity contribution >= 4 is 23.1 Å². The number of rotatable bonds is 5. The Balaban J connectivity index is 2.27. The highest BCUT2D eigenvalue weighted by Gasteiger charge is 2.30. The van der Waals surface area contributed by atoms with Gasteiger partial charge in [0.1, 0.15) is 0 Å². The molecule has 2 aromatic carbocycles. The number of nitrogens with one attached hydrogen (secondary N) is 1. The van der Waals surface area contributed by atoms with Gasteiger partial charge in [-0.25, -0.2) is 4.79 Å². The van der Waals surface area contributed by atoms with E-state index in [0.717, 1.165) is 12.1 Å². The van der Waals surface area contributed by atoms with E-state index >= 15 is 0 Å². The minimum Gasteiger partial charge on any atom is -0.451 e. The standard InChI is InChI=1S/C18H16F3NO3/c1-11(23)12(2)25-17(24)15-8-3-4-9-16(15)22-14-7-5-6-13(10-14)18(19,20)21/h3-10,12,22H,1-2H3. The number of esters is 1. The molecule has 2 aromatic rings. The summed E-state index contributed by atoms with van der Waals surface area (Å²) in [4.78, 5) is 23.4. The van der Waals surface area contributed by atoms with Crippen molar-refractivity contribution in [3.05, 3.63) is 59.7 Å². The predicted octanol–water partition coefficient (Wildman–Crippen LogP) is 4.58. The zero-order chi connectivity index (χ0) is 18.6. The summed E-state index contributed by atoms with van der Waals surface area (Å²) in [6.07, 6.45) is -5.37. The summed E-state index contributed by atoms with van der Waals surface area (Å²) in [5, 5.41) is 2.78. The molecule has 25 heavy (non-hydrogen) atoms. The Morgan fingerprint density at radius 2 is 1.76 bits per heavy atom. The summed E-state index contributed by atoms with van der Waals surface area (Å²) in [5.41, 5.74) is -0.229. The van der Waals surface area contributed by atoms with Crippen LogP contribution < -0.4 is 5.32 Å². The molecule has 1 atom stereocenters. The number of hydrogen-bond donors (Lipinski definition) is 1. The minimum atomic E-state index is -4.47. The molecule has 0 saturated carbocycles. The summed E-state index contributed by atoms with van der Waals surface area (Å²) in [6, 6.07) is 10.8. The van der Waals surface area contributed by atoms with Crippen LogP contribution in [0.4, 0.5) is 24.5 Å². The fourth-order valence-electron chi connectivity index (χ4n) is 2.01. The van der Waals surface area contributed by atoms with E-state index in [0.29, 0.717) is 0 Å². The Kier molecular flexibility index (Phi) is 5.46. The van der Waals surface area contributed by atoms with Crippen LogP contribution in [0.1, 0.15) is 29.8 Å². The Morgan fingerprint density at radius 3 is 2.40 bits per heavy atom. The van der Waals surface area contributed by atoms with Crippen LogP contribution in [0.15, 0.2) is 48.5 Å². The number of ketones is 1. The number of carbonyl (C=O) groups excluding carboxylic acids is 2. The van der Waals surface area contributed by atoms with Crippen LogP contribution in [0.3, 0.4) is 0 Å². The molecule has 0 bridgehead atoms. The number of para-hydroxylation sites is 1. The number of anilines is 2. The van der Waals surface area contributed by atoms with Crippen LogP contribution in [-0.2, 0) is 15.7 Å². The first-order valence-corrected chi connectivity index (χ1v) is 7.43. The highest BCUT2D eigenvalue weighted by atomic mass is 19.4. The van der Waals surface area contributed by atoms with Gasteiger partial charge in [-0.15, -0.1) is 0 Å². The van der Waals surface area contributed by atoms with E-state index in [4.69, 9.17) is 4.74 Å². The largest absolute Gasteiger partial charge is 0.451 e. The summed E-state index contributed by atoms with van der Waals surface area (Å²) in [6.45, 7) is 2.74.